The highest BCUT2D eigenvalue weighted by molar-refractivity contribution is 5.81. The van der Waals surface area contributed by atoms with E-state index in [1.54, 1.807) is 23.0 Å². The van der Waals surface area contributed by atoms with Gasteiger partial charge in [0.25, 0.3) is 0 Å². The summed E-state index contributed by atoms with van der Waals surface area (Å²) in [6.07, 6.45) is 0.926. The molecule has 0 fully saturated rings. The lowest BCUT2D eigenvalue weighted by molar-refractivity contribution is 0.211. The summed E-state index contributed by atoms with van der Waals surface area (Å²) in [5.41, 5.74) is 5.79. The number of fused-ring (bicyclic) bond motifs is 1. The summed E-state index contributed by atoms with van der Waals surface area (Å²) in [6.45, 7) is 0. The SMILES string of the molecule is Cn1ncc2ccc(OC(N)=O)cc21. The van der Waals surface area contributed by atoms with E-state index in [1.165, 1.54) is 0 Å². The molecule has 0 saturated carbocycles. The second-order valence-corrected chi connectivity index (χ2v) is 2.91. The zero-order chi connectivity index (χ0) is 10.1. The van der Waals surface area contributed by atoms with Gasteiger partial charge in [-0.25, -0.2) is 4.79 Å². The molecule has 72 valence electrons. The number of rotatable bonds is 1. The quantitative estimate of drug-likeness (QED) is 0.731. The van der Waals surface area contributed by atoms with Crippen LogP contribution in [0.4, 0.5) is 4.79 Å². The minimum Gasteiger partial charge on any atom is -0.410 e. The minimum atomic E-state index is -0.813. The van der Waals surface area contributed by atoms with Crippen LogP contribution in [0.3, 0.4) is 0 Å². The predicted octanol–water partition coefficient (Wildman–Crippen LogP) is 1.03. The first-order chi connectivity index (χ1) is 6.66. The second kappa shape index (κ2) is 3.02. The summed E-state index contributed by atoms with van der Waals surface area (Å²) < 4.78 is 6.44. The van der Waals surface area contributed by atoms with Gasteiger partial charge in [0, 0.05) is 18.5 Å². The van der Waals surface area contributed by atoms with Gasteiger partial charge in [-0.15, -0.1) is 0 Å². The normalized spacial score (nSPS) is 10.4. The summed E-state index contributed by atoms with van der Waals surface area (Å²) in [6, 6.07) is 5.21. The molecule has 1 aromatic heterocycles. The van der Waals surface area contributed by atoms with Crippen molar-refractivity contribution >= 4 is 17.0 Å². The Morgan fingerprint density at radius 3 is 3.07 bits per heavy atom. The zero-order valence-corrected chi connectivity index (χ0v) is 7.60. The van der Waals surface area contributed by atoms with Gasteiger partial charge in [0.15, 0.2) is 0 Å². The zero-order valence-electron chi connectivity index (χ0n) is 7.60. The van der Waals surface area contributed by atoms with Gasteiger partial charge in [0.1, 0.15) is 5.75 Å². The van der Waals surface area contributed by atoms with Crippen LogP contribution in [-0.4, -0.2) is 15.9 Å². The van der Waals surface area contributed by atoms with Gasteiger partial charge in [-0.1, -0.05) is 0 Å². The van der Waals surface area contributed by atoms with E-state index in [-0.39, 0.29) is 0 Å². The summed E-state index contributed by atoms with van der Waals surface area (Å²) >= 11 is 0. The highest BCUT2D eigenvalue weighted by Gasteiger charge is 2.03. The number of benzene rings is 1. The van der Waals surface area contributed by atoms with Gasteiger partial charge in [-0.05, 0) is 12.1 Å². The average Bonchev–Trinajstić information content (AvgIpc) is 2.47. The topological polar surface area (TPSA) is 70.1 Å². The summed E-state index contributed by atoms with van der Waals surface area (Å²) in [5.74, 6) is 0.425. The molecule has 1 heterocycles. The number of aryl methyl sites for hydroxylation is 1. The number of nitrogens with zero attached hydrogens (tertiary/aromatic N) is 2. The van der Waals surface area contributed by atoms with E-state index in [9.17, 15) is 4.79 Å². The number of primary amides is 1. The smallest absolute Gasteiger partial charge is 0.409 e. The fourth-order valence-corrected chi connectivity index (χ4v) is 1.30. The number of hydrogen-bond acceptors (Lipinski definition) is 3. The molecule has 0 aliphatic rings. The standard InChI is InChI=1S/C9H9N3O2/c1-12-8-4-7(14-9(10)13)3-2-6(8)5-11-12/h2-5H,1H3,(H2,10,13). The molecule has 0 aliphatic carbocycles. The number of aromatic nitrogens is 2. The van der Waals surface area contributed by atoms with Crippen molar-refractivity contribution in [3.05, 3.63) is 24.4 Å². The van der Waals surface area contributed by atoms with E-state index >= 15 is 0 Å². The lowest BCUT2D eigenvalue weighted by atomic mass is 10.2. The Kier molecular flexibility index (Phi) is 1.85. The van der Waals surface area contributed by atoms with E-state index in [2.05, 4.69) is 5.10 Å². The molecule has 0 atom stereocenters. The van der Waals surface area contributed by atoms with Crippen LogP contribution in [0, 0.1) is 0 Å². The van der Waals surface area contributed by atoms with Crippen molar-refractivity contribution in [2.75, 3.05) is 0 Å². The number of carbonyl (C=O) groups excluding carboxylic acids is 1. The van der Waals surface area contributed by atoms with Crippen molar-refractivity contribution in [3.63, 3.8) is 0 Å². The molecule has 2 N–H and O–H groups in total. The van der Waals surface area contributed by atoms with Crippen molar-refractivity contribution in [2.45, 2.75) is 0 Å². The summed E-state index contributed by atoms with van der Waals surface area (Å²) in [4.78, 5) is 10.5. The average molecular weight is 191 g/mol. The van der Waals surface area contributed by atoms with Gasteiger partial charge >= 0.3 is 6.09 Å². The van der Waals surface area contributed by atoms with Crippen LogP contribution < -0.4 is 10.5 Å². The maximum absolute atomic E-state index is 10.5. The van der Waals surface area contributed by atoms with Crippen LogP contribution >= 0.6 is 0 Å². The Morgan fingerprint density at radius 1 is 1.57 bits per heavy atom. The molecule has 2 aromatic rings. The monoisotopic (exact) mass is 191 g/mol. The highest BCUT2D eigenvalue weighted by Crippen LogP contribution is 2.19. The fraction of sp³-hybridized carbons (Fsp3) is 0.111. The van der Waals surface area contributed by atoms with E-state index in [1.807, 2.05) is 13.1 Å². The van der Waals surface area contributed by atoms with Crippen LogP contribution in [0.2, 0.25) is 0 Å². The van der Waals surface area contributed by atoms with Crippen LogP contribution in [0.25, 0.3) is 10.9 Å². The Balaban J connectivity index is 2.49. The molecular formula is C9H9N3O2. The number of hydrogen-bond donors (Lipinski definition) is 1. The third-order valence-electron chi connectivity index (χ3n) is 1.94. The number of ether oxygens (including phenoxy) is 1. The van der Waals surface area contributed by atoms with Crippen molar-refractivity contribution in [2.24, 2.45) is 12.8 Å². The lowest BCUT2D eigenvalue weighted by Crippen LogP contribution is -2.16. The second-order valence-electron chi connectivity index (χ2n) is 2.91. The first-order valence-corrected chi connectivity index (χ1v) is 4.06. The molecular weight excluding hydrogens is 182 g/mol. The summed E-state index contributed by atoms with van der Waals surface area (Å²) in [7, 11) is 1.82. The Bertz CT molecular complexity index is 490. The van der Waals surface area contributed by atoms with Crippen molar-refractivity contribution in [1.82, 2.24) is 9.78 Å². The molecule has 0 aliphatic heterocycles. The van der Waals surface area contributed by atoms with Crippen molar-refractivity contribution in [1.29, 1.82) is 0 Å². The third kappa shape index (κ3) is 1.39. The lowest BCUT2D eigenvalue weighted by Gasteiger charge is -2.00. The number of carbonyl (C=O) groups is 1. The Morgan fingerprint density at radius 2 is 2.36 bits per heavy atom. The van der Waals surface area contributed by atoms with Gasteiger partial charge in [-0.3, -0.25) is 4.68 Å². The molecule has 5 heteroatoms. The van der Waals surface area contributed by atoms with Gasteiger partial charge < -0.3 is 10.5 Å². The fourth-order valence-electron chi connectivity index (χ4n) is 1.30. The maximum Gasteiger partial charge on any atom is 0.409 e. The molecule has 2 rings (SSSR count). The van der Waals surface area contributed by atoms with Crippen LogP contribution in [0.15, 0.2) is 24.4 Å². The predicted molar refractivity (Wildman–Crippen MR) is 50.9 cm³/mol. The van der Waals surface area contributed by atoms with E-state index in [4.69, 9.17) is 10.5 Å². The van der Waals surface area contributed by atoms with Gasteiger partial charge in [0.2, 0.25) is 0 Å². The summed E-state index contributed by atoms with van der Waals surface area (Å²) in [5, 5.41) is 5.05. The molecule has 0 unspecified atom stereocenters. The molecule has 0 spiro atoms. The molecule has 1 amide bonds. The number of nitrogens with two attached hydrogens (primary N) is 1. The van der Waals surface area contributed by atoms with Crippen molar-refractivity contribution < 1.29 is 9.53 Å². The molecule has 1 aromatic carbocycles. The van der Waals surface area contributed by atoms with E-state index in [0.717, 1.165) is 10.9 Å². The maximum atomic E-state index is 10.5. The number of amides is 1. The van der Waals surface area contributed by atoms with Crippen molar-refractivity contribution in [3.8, 4) is 5.75 Å². The molecule has 14 heavy (non-hydrogen) atoms. The van der Waals surface area contributed by atoms with Gasteiger partial charge in [0.05, 0.1) is 11.7 Å². The van der Waals surface area contributed by atoms with E-state index < -0.39 is 6.09 Å². The highest BCUT2D eigenvalue weighted by atomic mass is 16.5. The largest absolute Gasteiger partial charge is 0.410 e. The third-order valence-corrected chi connectivity index (χ3v) is 1.94. The molecule has 0 saturated heterocycles. The molecule has 0 radical (unpaired) electrons. The molecule has 0 bridgehead atoms. The van der Waals surface area contributed by atoms with E-state index in [0.29, 0.717) is 5.75 Å². The Hall–Kier alpha value is -2.04. The van der Waals surface area contributed by atoms with Gasteiger partial charge in [-0.2, -0.15) is 5.10 Å². The van der Waals surface area contributed by atoms with Crippen LogP contribution in [-0.2, 0) is 7.05 Å². The van der Waals surface area contributed by atoms with Crippen LogP contribution in [0.5, 0.6) is 5.75 Å². The first-order valence-electron chi connectivity index (χ1n) is 4.06. The minimum absolute atomic E-state index is 0.425. The first kappa shape index (κ1) is 8.55. The van der Waals surface area contributed by atoms with Crippen LogP contribution in [0.1, 0.15) is 0 Å². The Labute approximate surface area is 80.1 Å². The molecule has 5 nitrogen and oxygen atoms in total.